The minimum atomic E-state index is -0.979. The zero-order valence-corrected chi connectivity index (χ0v) is 15.2. The molecule has 2 aromatic carbocycles. The smallest absolute Gasteiger partial charge is 0.326 e. The highest BCUT2D eigenvalue weighted by Crippen LogP contribution is 2.36. The number of aliphatic carboxylic acids is 1. The molecular weight excluding hydrogens is 352 g/mol. The normalized spacial score (nSPS) is 18.8. The van der Waals surface area contributed by atoms with Gasteiger partial charge in [-0.1, -0.05) is 48.5 Å². The van der Waals surface area contributed by atoms with Crippen LogP contribution in [0.2, 0.25) is 0 Å². The predicted octanol–water partition coefficient (Wildman–Crippen LogP) is 4.18. The molecule has 1 aromatic heterocycles. The highest BCUT2D eigenvalue weighted by Gasteiger charge is 2.42. The van der Waals surface area contributed by atoms with Gasteiger partial charge in [-0.3, -0.25) is 9.78 Å². The van der Waals surface area contributed by atoms with Gasteiger partial charge in [0.1, 0.15) is 6.04 Å². The Hall–Kier alpha value is -3.47. The maximum atomic E-state index is 13.2. The summed E-state index contributed by atoms with van der Waals surface area (Å²) in [5.41, 5.74) is 3.28. The third kappa shape index (κ3) is 3.39. The number of hydrogen-bond acceptors (Lipinski definition) is 3. The van der Waals surface area contributed by atoms with Crippen molar-refractivity contribution in [3.8, 4) is 11.1 Å². The van der Waals surface area contributed by atoms with Crippen LogP contribution in [0, 0.1) is 0 Å². The van der Waals surface area contributed by atoms with Crippen molar-refractivity contribution in [2.75, 3.05) is 0 Å². The maximum absolute atomic E-state index is 13.2. The number of carbonyl (C=O) groups is 2. The molecule has 2 atom stereocenters. The monoisotopic (exact) mass is 372 g/mol. The molecule has 0 bridgehead atoms. The first-order valence-corrected chi connectivity index (χ1v) is 9.27. The van der Waals surface area contributed by atoms with Crippen molar-refractivity contribution < 1.29 is 14.7 Å². The van der Waals surface area contributed by atoms with Crippen molar-refractivity contribution in [1.82, 2.24) is 9.88 Å². The number of carboxylic acid groups (broad SMARTS) is 1. The number of amides is 1. The second kappa shape index (κ2) is 7.64. The third-order valence-corrected chi connectivity index (χ3v) is 5.17. The van der Waals surface area contributed by atoms with Crippen LogP contribution in [-0.4, -0.2) is 32.9 Å². The summed E-state index contributed by atoms with van der Waals surface area (Å²) in [5.74, 6) is -1.26. The molecule has 0 unspecified atom stereocenters. The lowest BCUT2D eigenvalue weighted by atomic mass is 10.0. The van der Waals surface area contributed by atoms with E-state index in [1.165, 1.54) is 4.90 Å². The van der Waals surface area contributed by atoms with Crippen molar-refractivity contribution in [2.45, 2.75) is 24.9 Å². The summed E-state index contributed by atoms with van der Waals surface area (Å²) in [6.45, 7) is 0. The summed E-state index contributed by atoms with van der Waals surface area (Å²) in [6.07, 6.45) is 2.67. The van der Waals surface area contributed by atoms with Crippen molar-refractivity contribution in [3.05, 3.63) is 90.3 Å². The molecule has 1 aliphatic rings. The summed E-state index contributed by atoms with van der Waals surface area (Å²) in [7, 11) is 0. The van der Waals surface area contributed by atoms with Crippen LogP contribution in [0.15, 0.2) is 79.0 Å². The van der Waals surface area contributed by atoms with Crippen LogP contribution in [0.5, 0.6) is 0 Å². The number of carboxylic acids is 1. The quantitative estimate of drug-likeness (QED) is 0.746. The van der Waals surface area contributed by atoms with Crippen LogP contribution >= 0.6 is 0 Å². The number of pyridine rings is 1. The Morgan fingerprint density at radius 1 is 0.857 bits per heavy atom. The van der Waals surface area contributed by atoms with Gasteiger partial charge in [-0.05, 0) is 48.2 Å². The molecule has 0 aliphatic carbocycles. The molecule has 140 valence electrons. The van der Waals surface area contributed by atoms with E-state index < -0.39 is 12.0 Å². The molecule has 0 spiro atoms. The molecule has 3 aromatic rings. The SMILES string of the molecule is O=C(O)[C@@H]1CC[C@H](c2ccccn2)N1C(=O)c1ccc(-c2ccccc2)cc1. The average Bonchev–Trinajstić information content (AvgIpc) is 3.20. The summed E-state index contributed by atoms with van der Waals surface area (Å²) in [6, 6.07) is 21.5. The fraction of sp³-hybridized carbons (Fsp3) is 0.174. The highest BCUT2D eigenvalue weighted by molar-refractivity contribution is 5.97. The molecule has 2 heterocycles. The lowest BCUT2D eigenvalue weighted by Gasteiger charge is -2.28. The van der Waals surface area contributed by atoms with Gasteiger partial charge in [0.15, 0.2) is 0 Å². The van der Waals surface area contributed by atoms with E-state index in [9.17, 15) is 14.7 Å². The Morgan fingerprint density at radius 3 is 2.18 bits per heavy atom. The van der Waals surface area contributed by atoms with E-state index in [1.807, 2.05) is 60.7 Å². The van der Waals surface area contributed by atoms with Crippen LogP contribution in [0.4, 0.5) is 0 Å². The predicted molar refractivity (Wildman–Crippen MR) is 106 cm³/mol. The maximum Gasteiger partial charge on any atom is 0.326 e. The van der Waals surface area contributed by atoms with Gasteiger partial charge in [0.25, 0.3) is 5.91 Å². The van der Waals surface area contributed by atoms with Crippen molar-refractivity contribution in [3.63, 3.8) is 0 Å². The van der Waals surface area contributed by atoms with Crippen LogP contribution in [-0.2, 0) is 4.79 Å². The van der Waals surface area contributed by atoms with E-state index in [-0.39, 0.29) is 11.9 Å². The largest absolute Gasteiger partial charge is 0.480 e. The number of carbonyl (C=O) groups excluding carboxylic acids is 1. The topological polar surface area (TPSA) is 70.5 Å². The second-order valence-electron chi connectivity index (χ2n) is 6.86. The molecule has 1 saturated heterocycles. The Balaban J connectivity index is 1.64. The molecule has 5 heteroatoms. The van der Waals surface area contributed by atoms with E-state index in [2.05, 4.69) is 4.98 Å². The number of hydrogen-bond donors (Lipinski definition) is 1. The summed E-state index contributed by atoms with van der Waals surface area (Å²) >= 11 is 0. The van der Waals surface area contributed by atoms with Crippen molar-refractivity contribution >= 4 is 11.9 Å². The van der Waals surface area contributed by atoms with Crippen molar-refractivity contribution in [1.29, 1.82) is 0 Å². The summed E-state index contributed by atoms with van der Waals surface area (Å²) in [5, 5.41) is 9.62. The van der Waals surface area contributed by atoms with Crippen molar-refractivity contribution in [2.24, 2.45) is 0 Å². The molecule has 0 saturated carbocycles. The van der Waals surface area contributed by atoms with Gasteiger partial charge in [0, 0.05) is 11.8 Å². The first-order chi connectivity index (χ1) is 13.6. The molecule has 0 radical (unpaired) electrons. The number of aromatic nitrogens is 1. The van der Waals surface area contributed by atoms with Crippen LogP contribution in [0.3, 0.4) is 0 Å². The van der Waals surface area contributed by atoms with Gasteiger partial charge in [-0.25, -0.2) is 4.79 Å². The van der Waals surface area contributed by atoms with Gasteiger partial charge in [-0.2, -0.15) is 0 Å². The van der Waals surface area contributed by atoms with Gasteiger partial charge in [0.2, 0.25) is 0 Å². The molecule has 1 fully saturated rings. The van der Waals surface area contributed by atoms with Crippen LogP contribution < -0.4 is 0 Å². The number of nitrogens with zero attached hydrogens (tertiary/aromatic N) is 2. The molecule has 4 rings (SSSR count). The molecule has 5 nitrogen and oxygen atoms in total. The van der Waals surface area contributed by atoms with E-state index >= 15 is 0 Å². The standard InChI is InChI=1S/C23H20N2O3/c26-22(18-11-9-17(10-12-18)16-6-2-1-3-7-16)25-20(13-14-21(25)23(27)28)19-8-4-5-15-24-19/h1-12,15,20-21H,13-14H2,(H,27,28)/t20-,21+/m1/s1. The summed E-state index contributed by atoms with van der Waals surface area (Å²) in [4.78, 5) is 30.8. The first kappa shape index (κ1) is 17.9. The van der Waals surface area contributed by atoms with E-state index in [1.54, 1.807) is 18.3 Å². The Kier molecular flexibility index (Phi) is 4.89. The Labute approximate surface area is 163 Å². The molecule has 1 amide bonds. The number of rotatable bonds is 4. The molecular formula is C23H20N2O3. The zero-order chi connectivity index (χ0) is 19.5. The van der Waals surface area contributed by atoms with E-state index in [0.717, 1.165) is 16.8 Å². The minimum absolute atomic E-state index is 0.278. The Bertz CT molecular complexity index is 972. The average molecular weight is 372 g/mol. The van der Waals surface area contributed by atoms with Gasteiger partial charge < -0.3 is 10.0 Å². The third-order valence-electron chi connectivity index (χ3n) is 5.17. The van der Waals surface area contributed by atoms with Gasteiger partial charge >= 0.3 is 5.97 Å². The lowest BCUT2D eigenvalue weighted by molar-refractivity contribution is -0.141. The molecule has 1 N–H and O–H groups in total. The van der Waals surface area contributed by atoms with E-state index in [4.69, 9.17) is 0 Å². The summed E-state index contributed by atoms with van der Waals surface area (Å²) < 4.78 is 0. The number of benzene rings is 2. The number of likely N-dealkylation sites (tertiary alicyclic amines) is 1. The van der Waals surface area contributed by atoms with E-state index in [0.29, 0.717) is 18.4 Å². The van der Waals surface area contributed by atoms with Crippen LogP contribution in [0.1, 0.15) is 34.9 Å². The fourth-order valence-electron chi connectivity index (χ4n) is 3.79. The van der Waals surface area contributed by atoms with Crippen LogP contribution in [0.25, 0.3) is 11.1 Å². The first-order valence-electron chi connectivity index (χ1n) is 9.27. The zero-order valence-electron chi connectivity index (χ0n) is 15.2. The van der Waals surface area contributed by atoms with Gasteiger partial charge in [-0.15, -0.1) is 0 Å². The highest BCUT2D eigenvalue weighted by atomic mass is 16.4. The van der Waals surface area contributed by atoms with Gasteiger partial charge in [0.05, 0.1) is 11.7 Å². The molecule has 28 heavy (non-hydrogen) atoms. The fourth-order valence-corrected chi connectivity index (χ4v) is 3.79. The lowest BCUT2D eigenvalue weighted by Crippen LogP contribution is -2.42. The minimum Gasteiger partial charge on any atom is -0.480 e. The Morgan fingerprint density at radius 2 is 1.54 bits per heavy atom. The molecule has 1 aliphatic heterocycles. The second-order valence-corrected chi connectivity index (χ2v) is 6.86.